The Labute approximate surface area is 161 Å². The number of ether oxygens (including phenoxy) is 1. The summed E-state index contributed by atoms with van der Waals surface area (Å²) < 4.78 is 50.0. The second kappa shape index (κ2) is 8.08. The van der Waals surface area contributed by atoms with Gasteiger partial charge in [0.2, 0.25) is 0 Å². The van der Waals surface area contributed by atoms with Gasteiger partial charge in [0.05, 0.1) is 9.92 Å². The van der Waals surface area contributed by atoms with Crippen molar-refractivity contribution in [1.29, 1.82) is 0 Å². The van der Waals surface area contributed by atoms with Crippen molar-refractivity contribution < 1.29 is 22.1 Å². The predicted octanol–water partition coefficient (Wildman–Crippen LogP) is 4.90. The zero-order chi connectivity index (χ0) is 19.4. The van der Waals surface area contributed by atoms with E-state index >= 15 is 0 Å². The van der Waals surface area contributed by atoms with Crippen molar-refractivity contribution in [2.45, 2.75) is 17.9 Å². The van der Waals surface area contributed by atoms with E-state index in [0.717, 1.165) is 11.1 Å². The van der Waals surface area contributed by atoms with Crippen LogP contribution in [0.2, 0.25) is 5.02 Å². The monoisotopic (exact) mass is 406 g/mol. The van der Waals surface area contributed by atoms with E-state index in [1.807, 2.05) is 6.07 Å². The molecule has 140 valence electrons. The number of hydrogen-bond acceptors (Lipinski definition) is 3. The third-order valence-electron chi connectivity index (χ3n) is 3.91. The first-order chi connectivity index (χ1) is 12.8. The molecule has 0 aliphatic carbocycles. The second-order valence-electron chi connectivity index (χ2n) is 5.98. The summed E-state index contributed by atoms with van der Waals surface area (Å²) in [6.45, 7) is 0.202. The van der Waals surface area contributed by atoms with Crippen molar-refractivity contribution in [2.75, 3.05) is 0 Å². The fraction of sp³-hybridized carbons (Fsp3) is 0.100. The molecule has 0 heterocycles. The first-order valence-electron chi connectivity index (χ1n) is 8.03. The SMILES string of the molecule is O=S(=O)(O)c1ccc(Cc2ccc(OCc3cccc(F)c3)c(Cl)c2)cc1. The summed E-state index contributed by atoms with van der Waals surface area (Å²) in [4.78, 5) is -0.148. The van der Waals surface area contributed by atoms with Crippen LogP contribution in [-0.4, -0.2) is 13.0 Å². The van der Waals surface area contributed by atoms with E-state index in [0.29, 0.717) is 22.8 Å². The average molecular weight is 407 g/mol. The maximum absolute atomic E-state index is 13.2. The minimum absolute atomic E-state index is 0.148. The molecule has 0 aliphatic heterocycles. The highest BCUT2D eigenvalue weighted by Crippen LogP contribution is 2.27. The topological polar surface area (TPSA) is 63.6 Å². The van der Waals surface area contributed by atoms with Crippen LogP contribution in [0, 0.1) is 5.82 Å². The van der Waals surface area contributed by atoms with Crippen LogP contribution in [0.4, 0.5) is 4.39 Å². The van der Waals surface area contributed by atoms with Crippen LogP contribution in [0.25, 0.3) is 0 Å². The minimum Gasteiger partial charge on any atom is -0.487 e. The Morgan fingerprint density at radius 1 is 0.926 bits per heavy atom. The Bertz CT molecular complexity index is 1050. The molecule has 0 aliphatic rings. The van der Waals surface area contributed by atoms with E-state index in [2.05, 4.69) is 0 Å². The van der Waals surface area contributed by atoms with Gasteiger partial charge in [-0.15, -0.1) is 0 Å². The van der Waals surface area contributed by atoms with E-state index in [1.54, 1.807) is 36.4 Å². The minimum atomic E-state index is -4.20. The van der Waals surface area contributed by atoms with Gasteiger partial charge in [0.15, 0.2) is 0 Å². The largest absolute Gasteiger partial charge is 0.487 e. The molecular weight excluding hydrogens is 391 g/mol. The zero-order valence-electron chi connectivity index (χ0n) is 14.1. The van der Waals surface area contributed by atoms with E-state index < -0.39 is 10.1 Å². The van der Waals surface area contributed by atoms with Crippen LogP contribution >= 0.6 is 11.6 Å². The van der Waals surface area contributed by atoms with Crippen molar-refractivity contribution in [1.82, 2.24) is 0 Å². The molecule has 0 atom stereocenters. The lowest BCUT2D eigenvalue weighted by atomic mass is 10.1. The molecule has 3 aromatic rings. The van der Waals surface area contributed by atoms with Gasteiger partial charge < -0.3 is 4.74 Å². The van der Waals surface area contributed by atoms with E-state index in [1.165, 1.54) is 24.3 Å². The Kier molecular flexibility index (Phi) is 5.79. The smallest absolute Gasteiger partial charge is 0.294 e. The number of rotatable bonds is 6. The maximum Gasteiger partial charge on any atom is 0.294 e. The van der Waals surface area contributed by atoms with Gasteiger partial charge in [-0.3, -0.25) is 4.55 Å². The van der Waals surface area contributed by atoms with Crippen LogP contribution in [0.1, 0.15) is 16.7 Å². The van der Waals surface area contributed by atoms with Crippen molar-refractivity contribution in [3.63, 3.8) is 0 Å². The van der Waals surface area contributed by atoms with Gasteiger partial charge in [0.25, 0.3) is 10.1 Å². The van der Waals surface area contributed by atoms with Gasteiger partial charge >= 0.3 is 0 Å². The lowest BCUT2D eigenvalue weighted by Crippen LogP contribution is -1.99. The first kappa shape index (κ1) is 19.4. The van der Waals surface area contributed by atoms with E-state index in [-0.39, 0.29) is 17.3 Å². The number of benzene rings is 3. The van der Waals surface area contributed by atoms with Gasteiger partial charge in [0, 0.05) is 0 Å². The van der Waals surface area contributed by atoms with Gasteiger partial charge in [-0.1, -0.05) is 41.9 Å². The van der Waals surface area contributed by atoms with Crippen LogP contribution in [0.15, 0.2) is 71.6 Å². The fourth-order valence-electron chi connectivity index (χ4n) is 2.57. The predicted molar refractivity (Wildman–Crippen MR) is 101 cm³/mol. The van der Waals surface area contributed by atoms with Crippen molar-refractivity contribution in [3.8, 4) is 5.75 Å². The third kappa shape index (κ3) is 5.29. The molecule has 0 aromatic heterocycles. The lowest BCUT2D eigenvalue weighted by molar-refractivity contribution is 0.305. The molecule has 27 heavy (non-hydrogen) atoms. The molecule has 3 rings (SSSR count). The number of hydrogen-bond donors (Lipinski definition) is 1. The molecule has 0 saturated heterocycles. The highest BCUT2D eigenvalue weighted by atomic mass is 35.5. The standard InChI is InChI=1S/C20H16ClFO4S/c21-19-12-15(10-14-4-7-18(8-5-14)27(23,24)25)6-9-20(19)26-13-16-2-1-3-17(22)11-16/h1-9,11-12H,10,13H2,(H,23,24,25). The highest BCUT2D eigenvalue weighted by molar-refractivity contribution is 7.85. The van der Waals surface area contributed by atoms with Crippen LogP contribution < -0.4 is 4.74 Å². The van der Waals surface area contributed by atoms with E-state index in [9.17, 15) is 12.8 Å². The van der Waals surface area contributed by atoms with Crippen LogP contribution in [0.3, 0.4) is 0 Å². The summed E-state index contributed by atoms with van der Waals surface area (Å²) in [5.41, 5.74) is 2.48. The summed E-state index contributed by atoms with van der Waals surface area (Å²) in [7, 11) is -4.20. The molecule has 0 spiro atoms. The molecule has 0 fully saturated rings. The molecule has 1 N–H and O–H groups in total. The molecule has 7 heteroatoms. The van der Waals surface area contributed by atoms with E-state index in [4.69, 9.17) is 20.9 Å². The van der Waals surface area contributed by atoms with Crippen molar-refractivity contribution in [2.24, 2.45) is 0 Å². The first-order valence-corrected chi connectivity index (χ1v) is 9.85. The highest BCUT2D eigenvalue weighted by Gasteiger charge is 2.09. The van der Waals surface area contributed by atoms with Crippen LogP contribution in [-0.2, 0) is 23.1 Å². The third-order valence-corrected chi connectivity index (χ3v) is 5.07. The Balaban J connectivity index is 1.67. The van der Waals surface area contributed by atoms with Crippen LogP contribution in [0.5, 0.6) is 5.75 Å². The Hall–Kier alpha value is -2.41. The second-order valence-corrected chi connectivity index (χ2v) is 7.81. The lowest BCUT2D eigenvalue weighted by Gasteiger charge is -2.10. The molecular formula is C20H16ClFO4S. The summed E-state index contributed by atoms with van der Waals surface area (Å²) in [5.74, 6) is 0.170. The summed E-state index contributed by atoms with van der Waals surface area (Å²) in [6.07, 6.45) is 0.537. The van der Waals surface area contributed by atoms with Crippen molar-refractivity contribution in [3.05, 3.63) is 94.3 Å². The summed E-state index contributed by atoms with van der Waals surface area (Å²) >= 11 is 6.27. The molecule has 0 amide bonds. The normalized spacial score (nSPS) is 11.4. The average Bonchev–Trinajstić information content (AvgIpc) is 2.61. The van der Waals surface area contributed by atoms with Crippen molar-refractivity contribution >= 4 is 21.7 Å². The van der Waals surface area contributed by atoms with Gasteiger partial charge in [0.1, 0.15) is 18.2 Å². The van der Waals surface area contributed by atoms with Gasteiger partial charge in [-0.05, 0) is 59.5 Å². The molecule has 3 aromatic carbocycles. The maximum atomic E-state index is 13.2. The quantitative estimate of drug-likeness (QED) is 0.591. The molecule has 0 saturated carbocycles. The van der Waals surface area contributed by atoms with Gasteiger partial charge in [-0.2, -0.15) is 8.42 Å². The Morgan fingerprint density at radius 3 is 2.26 bits per heavy atom. The summed E-state index contributed by atoms with van der Waals surface area (Å²) in [6, 6.07) is 17.5. The number of halogens is 2. The summed E-state index contributed by atoms with van der Waals surface area (Å²) in [5, 5.41) is 0.429. The van der Waals surface area contributed by atoms with Gasteiger partial charge in [-0.25, -0.2) is 4.39 Å². The fourth-order valence-corrected chi connectivity index (χ4v) is 3.31. The zero-order valence-corrected chi connectivity index (χ0v) is 15.7. The molecule has 0 unspecified atom stereocenters. The molecule has 0 radical (unpaired) electrons. The molecule has 0 bridgehead atoms. The molecule has 4 nitrogen and oxygen atoms in total. The Morgan fingerprint density at radius 2 is 1.63 bits per heavy atom.